The fourth-order valence-electron chi connectivity index (χ4n) is 1.66. The number of esters is 1. The number of hydrogen-bond acceptors (Lipinski definition) is 6. The summed E-state index contributed by atoms with van der Waals surface area (Å²) >= 11 is 0. The normalized spacial score (nSPS) is 10.4. The summed E-state index contributed by atoms with van der Waals surface area (Å²) in [7, 11) is 0. The Balaban J connectivity index is 2.58. The minimum absolute atomic E-state index is 0.0415. The Hall–Kier alpha value is -2.70. The number of ether oxygens (including phenoxy) is 1. The number of nitro groups is 1. The van der Waals surface area contributed by atoms with E-state index >= 15 is 0 Å². The van der Waals surface area contributed by atoms with Crippen LogP contribution >= 0.6 is 0 Å². The Labute approximate surface area is 108 Å². The van der Waals surface area contributed by atoms with Crippen LogP contribution in [0.1, 0.15) is 17.3 Å². The zero-order valence-electron chi connectivity index (χ0n) is 10.1. The Kier molecular flexibility index (Phi) is 3.28. The third-order valence-corrected chi connectivity index (χ3v) is 2.53. The molecule has 2 rings (SSSR count). The topological polar surface area (TPSA) is 108 Å². The van der Waals surface area contributed by atoms with E-state index in [0.717, 1.165) is 0 Å². The third-order valence-electron chi connectivity index (χ3n) is 2.53. The second kappa shape index (κ2) is 4.89. The maximum absolute atomic E-state index is 11.7. The van der Waals surface area contributed by atoms with E-state index in [0.29, 0.717) is 10.9 Å². The summed E-state index contributed by atoms with van der Waals surface area (Å²) in [6.07, 6.45) is 0. The van der Waals surface area contributed by atoms with Gasteiger partial charge < -0.3 is 10.5 Å². The second-order valence-electron chi connectivity index (χ2n) is 3.78. The maximum atomic E-state index is 11.7. The summed E-state index contributed by atoms with van der Waals surface area (Å²) < 4.78 is 4.84. The van der Waals surface area contributed by atoms with Gasteiger partial charge in [-0.05, 0) is 19.1 Å². The zero-order chi connectivity index (χ0) is 14.0. The largest absolute Gasteiger partial charge is 0.462 e. The highest BCUT2D eigenvalue weighted by Gasteiger charge is 2.15. The van der Waals surface area contributed by atoms with Gasteiger partial charge in [-0.25, -0.2) is 9.78 Å². The molecule has 1 aromatic heterocycles. The Bertz CT molecular complexity index is 669. The molecule has 7 nitrogen and oxygen atoms in total. The monoisotopic (exact) mass is 261 g/mol. The van der Waals surface area contributed by atoms with Crippen molar-refractivity contribution in [3.63, 3.8) is 0 Å². The van der Waals surface area contributed by atoms with E-state index in [9.17, 15) is 14.9 Å². The van der Waals surface area contributed by atoms with E-state index in [1.165, 1.54) is 24.3 Å². The average Bonchev–Trinajstić information content (AvgIpc) is 2.37. The molecule has 0 aliphatic heterocycles. The van der Waals surface area contributed by atoms with E-state index in [2.05, 4.69) is 4.98 Å². The number of hydrogen-bond donors (Lipinski definition) is 1. The first-order valence-electron chi connectivity index (χ1n) is 5.54. The van der Waals surface area contributed by atoms with Crippen molar-refractivity contribution in [3.8, 4) is 0 Å². The number of anilines is 1. The minimum Gasteiger partial charge on any atom is -0.462 e. The number of nitro benzene ring substituents is 1. The van der Waals surface area contributed by atoms with Crippen LogP contribution in [0.3, 0.4) is 0 Å². The fraction of sp³-hybridized carbons (Fsp3) is 0.167. The lowest BCUT2D eigenvalue weighted by molar-refractivity contribution is -0.384. The highest BCUT2D eigenvalue weighted by atomic mass is 16.6. The van der Waals surface area contributed by atoms with E-state index in [4.69, 9.17) is 10.5 Å². The van der Waals surface area contributed by atoms with Gasteiger partial charge in [0.2, 0.25) is 0 Å². The number of pyridine rings is 1. The van der Waals surface area contributed by atoms with Crippen molar-refractivity contribution in [2.24, 2.45) is 0 Å². The predicted octanol–water partition coefficient (Wildman–Crippen LogP) is 1.90. The Morgan fingerprint density at radius 3 is 2.84 bits per heavy atom. The molecule has 0 radical (unpaired) electrons. The molecule has 0 unspecified atom stereocenters. The Morgan fingerprint density at radius 2 is 2.21 bits per heavy atom. The van der Waals surface area contributed by atoms with Crippen LogP contribution in [-0.2, 0) is 4.74 Å². The second-order valence-corrected chi connectivity index (χ2v) is 3.78. The van der Waals surface area contributed by atoms with Crippen molar-refractivity contribution in [1.82, 2.24) is 4.98 Å². The van der Waals surface area contributed by atoms with E-state index in [-0.39, 0.29) is 23.7 Å². The van der Waals surface area contributed by atoms with Crippen LogP contribution in [0.2, 0.25) is 0 Å². The Morgan fingerprint density at radius 1 is 1.47 bits per heavy atom. The van der Waals surface area contributed by atoms with E-state index in [1.807, 2.05) is 0 Å². The summed E-state index contributed by atoms with van der Waals surface area (Å²) in [5.74, 6) is -0.555. The van der Waals surface area contributed by atoms with Gasteiger partial charge in [0.05, 0.1) is 17.0 Å². The standard InChI is InChI=1S/C12H11N3O4/c1-2-19-12(16)9-6-7-5-8(15(17)18)3-4-10(7)14-11(9)13/h3-6H,2H2,1H3,(H2,13,14). The first kappa shape index (κ1) is 12.7. The van der Waals surface area contributed by atoms with Crippen molar-refractivity contribution in [2.45, 2.75) is 6.92 Å². The molecular weight excluding hydrogens is 250 g/mol. The first-order valence-corrected chi connectivity index (χ1v) is 5.54. The van der Waals surface area contributed by atoms with Crippen LogP contribution in [0, 0.1) is 10.1 Å². The number of carbonyl (C=O) groups is 1. The van der Waals surface area contributed by atoms with Crippen molar-refractivity contribution in [1.29, 1.82) is 0 Å². The van der Waals surface area contributed by atoms with Crippen LogP contribution < -0.4 is 5.73 Å². The van der Waals surface area contributed by atoms with Crippen LogP contribution in [0.25, 0.3) is 10.9 Å². The molecule has 0 amide bonds. The van der Waals surface area contributed by atoms with Crippen molar-refractivity contribution in [2.75, 3.05) is 12.3 Å². The summed E-state index contributed by atoms with van der Waals surface area (Å²) in [6, 6.07) is 5.60. The van der Waals surface area contributed by atoms with Crippen molar-refractivity contribution < 1.29 is 14.5 Å². The molecule has 19 heavy (non-hydrogen) atoms. The van der Waals surface area contributed by atoms with Gasteiger partial charge in [0, 0.05) is 17.5 Å². The van der Waals surface area contributed by atoms with Gasteiger partial charge >= 0.3 is 5.97 Å². The number of rotatable bonds is 3. The molecule has 2 aromatic rings. The minimum atomic E-state index is -0.596. The molecule has 0 aliphatic rings. The molecular formula is C12H11N3O4. The van der Waals surface area contributed by atoms with Crippen LogP contribution in [-0.4, -0.2) is 22.5 Å². The molecule has 0 atom stereocenters. The highest BCUT2D eigenvalue weighted by molar-refractivity contribution is 5.98. The van der Waals surface area contributed by atoms with Crippen LogP contribution in [0.4, 0.5) is 11.5 Å². The number of non-ortho nitro benzene ring substituents is 1. The van der Waals surface area contributed by atoms with Gasteiger partial charge in [0.1, 0.15) is 11.4 Å². The van der Waals surface area contributed by atoms with Gasteiger partial charge in [0.15, 0.2) is 0 Å². The number of nitrogens with zero attached hydrogens (tertiary/aromatic N) is 2. The molecule has 0 fully saturated rings. The van der Waals surface area contributed by atoms with Crippen LogP contribution in [0.15, 0.2) is 24.3 Å². The van der Waals surface area contributed by atoms with Gasteiger partial charge in [-0.1, -0.05) is 0 Å². The number of fused-ring (bicyclic) bond motifs is 1. The van der Waals surface area contributed by atoms with Gasteiger partial charge in [-0.15, -0.1) is 0 Å². The number of aromatic nitrogens is 1. The average molecular weight is 261 g/mol. The quantitative estimate of drug-likeness (QED) is 0.513. The van der Waals surface area contributed by atoms with Gasteiger partial charge in [-0.3, -0.25) is 10.1 Å². The summed E-state index contributed by atoms with van der Waals surface area (Å²) in [5.41, 5.74) is 6.18. The maximum Gasteiger partial charge on any atom is 0.341 e. The lowest BCUT2D eigenvalue weighted by atomic mass is 10.1. The summed E-state index contributed by atoms with van der Waals surface area (Å²) in [6.45, 7) is 1.89. The number of nitrogen functional groups attached to an aromatic ring is 1. The van der Waals surface area contributed by atoms with Crippen molar-refractivity contribution >= 4 is 28.4 Å². The molecule has 2 N–H and O–H groups in total. The zero-order valence-corrected chi connectivity index (χ0v) is 10.1. The lowest BCUT2D eigenvalue weighted by Gasteiger charge is -2.06. The molecule has 7 heteroatoms. The first-order chi connectivity index (χ1) is 9.02. The van der Waals surface area contributed by atoms with Crippen molar-refractivity contribution in [3.05, 3.63) is 39.9 Å². The number of benzene rings is 1. The molecule has 0 bridgehead atoms. The van der Waals surface area contributed by atoms with E-state index in [1.54, 1.807) is 6.92 Å². The van der Waals surface area contributed by atoms with Gasteiger partial charge in [0.25, 0.3) is 5.69 Å². The highest BCUT2D eigenvalue weighted by Crippen LogP contribution is 2.23. The lowest BCUT2D eigenvalue weighted by Crippen LogP contribution is -2.09. The summed E-state index contributed by atoms with van der Waals surface area (Å²) in [4.78, 5) is 25.9. The molecule has 1 heterocycles. The predicted molar refractivity (Wildman–Crippen MR) is 68.8 cm³/mol. The molecule has 98 valence electrons. The summed E-state index contributed by atoms with van der Waals surface area (Å²) in [5, 5.41) is 11.2. The number of nitrogens with two attached hydrogens (primary N) is 1. The smallest absolute Gasteiger partial charge is 0.341 e. The molecule has 0 aliphatic carbocycles. The fourth-order valence-corrected chi connectivity index (χ4v) is 1.66. The number of carbonyl (C=O) groups excluding carboxylic acids is 1. The molecule has 0 spiro atoms. The van der Waals surface area contributed by atoms with Crippen LogP contribution in [0.5, 0.6) is 0 Å². The van der Waals surface area contributed by atoms with E-state index < -0.39 is 10.9 Å². The van der Waals surface area contributed by atoms with Gasteiger partial charge in [-0.2, -0.15) is 0 Å². The SMILES string of the molecule is CCOC(=O)c1cc2cc([N+](=O)[O-])ccc2nc1N. The molecule has 0 saturated carbocycles. The third kappa shape index (κ3) is 2.44. The molecule has 1 aromatic carbocycles. The molecule has 0 saturated heterocycles.